The smallest absolute Gasteiger partial charge is 0.188 e. The summed E-state index contributed by atoms with van der Waals surface area (Å²) in [6, 6.07) is 1.94. The second-order valence-corrected chi connectivity index (χ2v) is 9.80. The third-order valence-corrected chi connectivity index (χ3v) is 6.13. The Kier molecular flexibility index (Phi) is 5.44. The number of nitrogens with zero attached hydrogens (tertiary/aromatic N) is 2. The Bertz CT molecular complexity index is 203. The zero-order valence-electron chi connectivity index (χ0n) is 11.6. The van der Waals surface area contributed by atoms with Crippen LogP contribution in [0.1, 0.15) is 13.8 Å². The van der Waals surface area contributed by atoms with E-state index in [1.165, 1.54) is 32.2 Å². The Labute approximate surface area is 102 Å². The van der Waals surface area contributed by atoms with Crippen molar-refractivity contribution in [2.24, 2.45) is 0 Å². The Morgan fingerprint density at radius 1 is 1.19 bits per heavy atom. The molecule has 0 bridgehead atoms. The van der Waals surface area contributed by atoms with Crippen molar-refractivity contribution in [2.75, 3.05) is 39.8 Å². The molecule has 1 rings (SSSR count). The van der Waals surface area contributed by atoms with E-state index in [0.29, 0.717) is 6.04 Å². The number of piperazine rings is 1. The van der Waals surface area contributed by atoms with E-state index < -0.39 is 8.32 Å². The van der Waals surface area contributed by atoms with E-state index in [9.17, 15) is 0 Å². The van der Waals surface area contributed by atoms with Gasteiger partial charge in [-0.1, -0.05) is 0 Å². The molecule has 1 aliphatic heterocycles. The summed E-state index contributed by atoms with van der Waals surface area (Å²) >= 11 is 0. The summed E-state index contributed by atoms with van der Waals surface area (Å²) in [5, 5.41) is 0. The first-order valence-corrected chi connectivity index (χ1v) is 9.62. The maximum absolute atomic E-state index is 5.91. The largest absolute Gasteiger partial charge is 0.418 e. The lowest BCUT2D eigenvalue weighted by Crippen LogP contribution is -2.50. The first-order chi connectivity index (χ1) is 7.44. The predicted molar refractivity (Wildman–Crippen MR) is 72.4 cm³/mol. The first-order valence-electron chi connectivity index (χ1n) is 6.51. The molecule has 1 atom stereocenters. The molecule has 1 fully saturated rings. The molecule has 1 saturated heterocycles. The minimum absolute atomic E-state index is 0.682. The van der Waals surface area contributed by atoms with Crippen LogP contribution in [0.3, 0.4) is 0 Å². The van der Waals surface area contributed by atoms with Crippen LogP contribution in [-0.4, -0.2) is 64.0 Å². The van der Waals surface area contributed by atoms with Crippen molar-refractivity contribution in [3.8, 4) is 0 Å². The van der Waals surface area contributed by atoms with Gasteiger partial charge >= 0.3 is 0 Å². The molecule has 0 amide bonds. The number of hydrogen-bond donors (Lipinski definition) is 0. The summed E-state index contributed by atoms with van der Waals surface area (Å²) in [5.74, 6) is 0. The summed E-state index contributed by atoms with van der Waals surface area (Å²) in [6.07, 6.45) is 0. The monoisotopic (exact) mass is 244 g/mol. The van der Waals surface area contributed by atoms with E-state index in [4.69, 9.17) is 4.43 Å². The standard InChI is InChI=1S/C12H28N2OSi/c1-6-15-16(4,5)11-12(2)14-9-7-13(3)8-10-14/h12H,6-11H2,1-5H3. The minimum atomic E-state index is -1.42. The zero-order valence-corrected chi connectivity index (χ0v) is 12.6. The molecule has 1 unspecified atom stereocenters. The van der Waals surface area contributed by atoms with Crippen LogP contribution in [0.4, 0.5) is 0 Å². The molecule has 1 heterocycles. The van der Waals surface area contributed by atoms with Crippen molar-refractivity contribution in [3.63, 3.8) is 0 Å². The highest BCUT2D eigenvalue weighted by Crippen LogP contribution is 2.18. The maximum Gasteiger partial charge on any atom is 0.188 e. The molecule has 3 nitrogen and oxygen atoms in total. The van der Waals surface area contributed by atoms with E-state index in [0.717, 1.165) is 6.61 Å². The van der Waals surface area contributed by atoms with Gasteiger partial charge in [0.25, 0.3) is 0 Å². The van der Waals surface area contributed by atoms with Crippen molar-refractivity contribution in [3.05, 3.63) is 0 Å². The maximum atomic E-state index is 5.91. The molecule has 0 aromatic heterocycles. The second kappa shape index (κ2) is 6.14. The fourth-order valence-electron chi connectivity index (χ4n) is 2.55. The molecule has 0 spiro atoms. The van der Waals surface area contributed by atoms with Crippen molar-refractivity contribution in [1.29, 1.82) is 0 Å². The zero-order chi connectivity index (χ0) is 12.2. The van der Waals surface area contributed by atoms with E-state index >= 15 is 0 Å². The van der Waals surface area contributed by atoms with Crippen LogP contribution in [-0.2, 0) is 4.43 Å². The number of hydrogen-bond acceptors (Lipinski definition) is 3. The van der Waals surface area contributed by atoms with E-state index in [1.54, 1.807) is 0 Å². The van der Waals surface area contributed by atoms with Gasteiger partial charge in [-0.3, -0.25) is 4.90 Å². The van der Waals surface area contributed by atoms with Gasteiger partial charge in [-0.05, 0) is 40.0 Å². The average molecular weight is 244 g/mol. The molecule has 0 radical (unpaired) electrons. The lowest BCUT2D eigenvalue weighted by Gasteiger charge is -2.38. The third-order valence-electron chi connectivity index (χ3n) is 3.48. The number of likely N-dealkylation sites (N-methyl/N-ethyl adjacent to an activating group) is 1. The summed E-state index contributed by atoms with van der Waals surface area (Å²) < 4.78 is 5.91. The van der Waals surface area contributed by atoms with Crippen molar-refractivity contribution in [1.82, 2.24) is 9.80 Å². The quantitative estimate of drug-likeness (QED) is 0.687. The van der Waals surface area contributed by atoms with Crippen LogP contribution in [0.2, 0.25) is 19.1 Å². The molecule has 96 valence electrons. The number of rotatable bonds is 5. The van der Waals surface area contributed by atoms with Gasteiger partial charge in [0.1, 0.15) is 0 Å². The Hall–Kier alpha value is 0.0969. The molecular formula is C12H28N2OSi. The molecule has 0 aliphatic carbocycles. The van der Waals surface area contributed by atoms with Crippen LogP contribution in [0, 0.1) is 0 Å². The Morgan fingerprint density at radius 3 is 2.25 bits per heavy atom. The Morgan fingerprint density at radius 2 is 1.75 bits per heavy atom. The normalized spacial score (nSPS) is 22.3. The van der Waals surface area contributed by atoms with Crippen molar-refractivity contribution >= 4 is 8.32 Å². The van der Waals surface area contributed by atoms with Gasteiger partial charge in [0.15, 0.2) is 8.32 Å². The van der Waals surface area contributed by atoms with E-state index in [-0.39, 0.29) is 0 Å². The van der Waals surface area contributed by atoms with E-state index in [1.807, 2.05) is 0 Å². The van der Waals surface area contributed by atoms with Crippen molar-refractivity contribution < 1.29 is 4.43 Å². The van der Waals surface area contributed by atoms with Gasteiger partial charge in [-0.25, -0.2) is 0 Å². The lowest BCUT2D eigenvalue weighted by atomic mass is 10.2. The highest BCUT2D eigenvalue weighted by Gasteiger charge is 2.28. The minimum Gasteiger partial charge on any atom is -0.418 e. The van der Waals surface area contributed by atoms with Gasteiger partial charge in [-0.2, -0.15) is 0 Å². The van der Waals surface area contributed by atoms with Gasteiger partial charge in [0, 0.05) is 38.8 Å². The van der Waals surface area contributed by atoms with Gasteiger partial charge < -0.3 is 9.33 Å². The van der Waals surface area contributed by atoms with E-state index in [2.05, 4.69) is 43.8 Å². The average Bonchev–Trinajstić information content (AvgIpc) is 2.17. The molecule has 1 aliphatic rings. The summed E-state index contributed by atoms with van der Waals surface area (Å²) in [5.41, 5.74) is 0. The molecular weight excluding hydrogens is 216 g/mol. The van der Waals surface area contributed by atoms with Gasteiger partial charge in [0.05, 0.1) is 0 Å². The van der Waals surface area contributed by atoms with Crippen LogP contribution in [0.5, 0.6) is 0 Å². The van der Waals surface area contributed by atoms with Crippen LogP contribution >= 0.6 is 0 Å². The first kappa shape index (κ1) is 14.2. The molecule has 0 aromatic rings. The van der Waals surface area contributed by atoms with Gasteiger partial charge in [0.2, 0.25) is 0 Å². The van der Waals surface area contributed by atoms with Crippen LogP contribution in [0.15, 0.2) is 0 Å². The summed E-state index contributed by atoms with van der Waals surface area (Å²) in [4.78, 5) is 5.03. The SMILES string of the molecule is CCO[Si](C)(C)CC(C)N1CCN(C)CC1. The molecule has 0 N–H and O–H groups in total. The highest BCUT2D eigenvalue weighted by atomic mass is 28.4. The molecule has 0 aromatic carbocycles. The summed E-state index contributed by atoms with van der Waals surface area (Å²) in [7, 11) is 0.787. The second-order valence-electron chi connectivity index (χ2n) is 5.59. The van der Waals surface area contributed by atoms with Gasteiger partial charge in [-0.15, -0.1) is 0 Å². The molecule has 4 heteroatoms. The fraction of sp³-hybridized carbons (Fsp3) is 1.00. The topological polar surface area (TPSA) is 15.7 Å². The predicted octanol–water partition coefficient (Wildman–Crippen LogP) is 1.86. The van der Waals surface area contributed by atoms with Crippen LogP contribution in [0.25, 0.3) is 0 Å². The highest BCUT2D eigenvalue weighted by molar-refractivity contribution is 6.71. The van der Waals surface area contributed by atoms with Crippen LogP contribution < -0.4 is 0 Å². The molecule has 16 heavy (non-hydrogen) atoms. The fourth-order valence-corrected chi connectivity index (χ4v) is 5.13. The van der Waals surface area contributed by atoms with Crippen molar-refractivity contribution in [2.45, 2.75) is 39.0 Å². The third kappa shape index (κ3) is 4.53. The lowest BCUT2D eigenvalue weighted by molar-refractivity contribution is 0.123. The Balaban J connectivity index is 2.36. The summed E-state index contributed by atoms with van der Waals surface area (Å²) in [6.45, 7) is 14.9. The molecule has 0 saturated carbocycles.